The number of anilines is 1. The number of nitriles is 1. The van der Waals surface area contributed by atoms with Gasteiger partial charge in [-0.3, -0.25) is 9.69 Å². The molecule has 1 aliphatic heterocycles. The number of amides is 1. The fraction of sp³-hybridized carbons (Fsp3) is 0.385. The monoisotopic (exact) mass is 296 g/mol. The summed E-state index contributed by atoms with van der Waals surface area (Å²) in [6.07, 6.45) is 0. The number of hydrogen-bond donors (Lipinski definition) is 2. The number of benzene rings is 1. The molecule has 0 aromatic heterocycles. The first kappa shape index (κ1) is 14.7. The van der Waals surface area contributed by atoms with Crippen molar-refractivity contribution in [2.24, 2.45) is 0 Å². The van der Waals surface area contributed by atoms with E-state index in [0.717, 1.165) is 6.54 Å². The third kappa shape index (κ3) is 3.67. The molecule has 1 aliphatic rings. The van der Waals surface area contributed by atoms with E-state index in [1.54, 1.807) is 4.90 Å². The number of carbonyl (C=O) groups excluding carboxylic acids is 1. The molecule has 1 saturated heterocycles. The molecule has 5 nitrogen and oxygen atoms in total. The minimum absolute atomic E-state index is 0.0418. The van der Waals surface area contributed by atoms with Crippen LogP contribution in [0.15, 0.2) is 18.2 Å². The second-order valence-corrected chi connectivity index (χ2v) is 4.90. The van der Waals surface area contributed by atoms with Crippen molar-refractivity contribution in [3.05, 3.63) is 29.0 Å². The molecule has 1 unspecified atom stereocenters. The Morgan fingerprint density at radius 1 is 1.65 bits per heavy atom. The first-order valence-corrected chi connectivity index (χ1v) is 6.57. The van der Waals surface area contributed by atoms with Gasteiger partial charge in [0.15, 0.2) is 0 Å². The van der Waals surface area contributed by atoms with Crippen molar-refractivity contribution in [1.82, 2.24) is 10.2 Å². The normalized spacial score (nSPS) is 19.4. The Morgan fingerprint density at radius 3 is 3.15 bits per heavy atom. The third-order valence-corrected chi connectivity index (χ3v) is 3.34. The van der Waals surface area contributed by atoms with E-state index in [1.807, 2.05) is 0 Å². The number of rotatable bonds is 3. The van der Waals surface area contributed by atoms with Crippen molar-refractivity contribution in [3.8, 4) is 6.07 Å². The van der Waals surface area contributed by atoms with Gasteiger partial charge in [-0.25, -0.2) is 4.39 Å². The highest BCUT2D eigenvalue weighted by atomic mass is 35.5. The van der Waals surface area contributed by atoms with E-state index in [4.69, 9.17) is 16.9 Å². The molecule has 1 amide bonds. The van der Waals surface area contributed by atoms with Gasteiger partial charge in [0, 0.05) is 25.3 Å². The summed E-state index contributed by atoms with van der Waals surface area (Å²) >= 11 is 5.65. The van der Waals surface area contributed by atoms with Gasteiger partial charge < -0.3 is 10.6 Å². The molecule has 20 heavy (non-hydrogen) atoms. The van der Waals surface area contributed by atoms with Crippen LogP contribution in [0.4, 0.5) is 10.1 Å². The minimum Gasteiger partial charge on any atom is -0.325 e. The maximum absolute atomic E-state index is 13.0. The zero-order valence-electron chi connectivity index (χ0n) is 10.7. The fourth-order valence-electron chi connectivity index (χ4n) is 2.02. The van der Waals surface area contributed by atoms with Crippen LogP contribution in [-0.4, -0.2) is 43.0 Å². The summed E-state index contributed by atoms with van der Waals surface area (Å²) in [4.78, 5) is 13.7. The molecule has 1 fully saturated rings. The maximum atomic E-state index is 13.0. The highest BCUT2D eigenvalue weighted by Crippen LogP contribution is 2.19. The summed E-state index contributed by atoms with van der Waals surface area (Å²) in [5, 5.41) is 14.7. The number of nitrogens with zero attached hydrogens (tertiary/aromatic N) is 2. The van der Waals surface area contributed by atoms with Crippen molar-refractivity contribution in [3.63, 3.8) is 0 Å². The molecule has 0 radical (unpaired) electrons. The molecule has 2 rings (SSSR count). The predicted octanol–water partition coefficient (Wildman–Crippen LogP) is 1.21. The molecule has 106 valence electrons. The Morgan fingerprint density at radius 2 is 2.45 bits per heavy atom. The second-order valence-electron chi connectivity index (χ2n) is 4.50. The molecule has 1 aromatic rings. The van der Waals surface area contributed by atoms with E-state index >= 15 is 0 Å². The van der Waals surface area contributed by atoms with Gasteiger partial charge in [0.25, 0.3) is 0 Å². The third-order valence-electron chi connectivity index (χ3n) is 3.05. The highest BCUT2D eigenvalue weighted by Gasteiger charge is 2.23. The molecular weight excluding hydrogens is 283 g/mol. The Balaban J connectivity index is 1.94. The van der Waals surface area contributed by atoms with Crippen LogP contribution in [0.5, 0.6) is 0 Å². The Bertz CT molecular complexity index is 546. The largest absolute Gasteiger partial charge is 0.325 e. The Labute approximate surface area is 121 Å². The van der Waals surface area contributed by atoms with Gasteiger partial charge in [0.05, 0.1) is 17.6 Å². The average molecular weight is 297 g/mol. The van der Waals surface area contributed by atoms with E-state index in [9.17, 15) is 9.18 Å². The molecule has 1 aromatic carbocycles. The topological polar surface area (TPSA) is 68.2 Å². The first-order chi connectivity index (χ1) is 9.60. The quantitative estimate of drug-likeness (QED) is 0.880. The Hall–Kier alpha value is -1.68. The molecule has 1 atom stereocenters. The van der Waals surface area contributed by atoms with Crippen LogP contribution in [0, 0.1) is 17.1 Å². The minimum atomic E-state index is -0.531. The number of nitrogens with one attached hydrogen (secondary N) is 2. The van der Waals surface area contributed by atoms with Gasteiger partial charge in [-0.15, -0.1) is 0 Å². The van der Waals surface area contributed by atoms with Crippen LogP contribution in [0.2, 0.25) is 5.02 Å². The molecule has 0 bridgehead atoms. The van der Waals surface area contributed by atoms with Crippen LogP contribution in [0.25, 0.3) is 0 Å². The maximum Gasteiger partial charge on any atom is 0.238 e. The lowest BCUT2D eigenvalue weighted by molar-refractivity contribution is -0.117. The lowest BCUT2D eigenvalue weighted by Crippen LogP contribution is -2.52. The van der Waals surface area contributed by atoms with Gasteiger partial charge >= 0.3 is 0 Å². The van der Waals surface area contributed by atoms with Gasteiger partial charge in [-0.1, -0.05) is 11.6 Å². The predicted molar refractivity (Wildman–Crippen MR) is 73.9 cm³/mol. The summed E-state index contributed by atoms with van der Waals surface area (Å²) in [5.74, 6) is -0.786. The lowest BCUT2D eigenvalue weighted by Gasteiger charge is -2.31. The van der Waals surface area contributed by atoms with E-state index in [1.165, 1.54) is 18.2 Å². The van der Waals surface area contributed by atoms with Gasteiger partial charge in [-0.05, 0) is 18.2 Å². The summed E-state index contributed by atoms with van der Waals surface area (Å²) in [6, 6.07) is 5.83. The number of hydrogen-bond acceptors (Lipinski definition) is 4. The lowest BCUT2D eigenvalue weighted by atomic mass is 10.2. The van der Waals surface area contributed by atoms with Crippen LogP contribution in [0.3, 0.4) is 0 Å². The van der Waals surface area contributed by atoms with Gasteiger partial charge in [-0.2, -0.15) is 5.26 Å². The van der Waals surface area contributed by atoms with E-state index < -0.39 is 5.82 Å². The number of carbonyl (C=O) groups is 1. The summed E-state index contributed by atoms with van der Waals surface area (Å²) in [7, 11) is 0. The van der Waals surface area contributed by atoms with E-state index in [0.29, 0.717) is 18.8 Å². The van der Waals surface area contributed by atoms with Crippen LogP contribution >= 0.6 is 11.6 Å². The van der Waals surface area contributed by atoms with Crippen LogP contribution in [0.1, 0.15) is 0 Å². The standard InChI is InChI=1S/C13H14ClFN4O/c14-11-5-9(1-2-12(11)15)18-13(20)8-19-4-3-17-7-10(19)6-16/h1-2,5,10,17H,3-4,7-8H2,(H,18,20). The molecule has 7 heteroatoms. The SMILES string of the molecule is N#CC1CNCCN1CC(=O)Nc1ccc(F)c(Cl)c1. The van der Waals surface area contributed by atoms with Crippen molar-refractivity contribution >= 4 is 23.2 Å². The molecule has 2 N–H and O–H groups in total. The van der Waals surface area contributed by atoms with Gasteiger partial charge in [0.1, 0.15) is 11.9 Å². The van der Waals surface area contributed by atoms with Crippen molar-refractivity contribution in [1.29, 1.82) is 5.26 Å². The number of piperazine rings is 1. The zero-order valence-corrected chi connectivity index (χ0v) is 11.5. The molecule has 0 aliphatic carbocycles. The summed E-state index contributed by atoms with van der Waals surface area (Å²) in [5.41, 5.74) is 0.435. The Kier molecular flexibility index (Phi) is 4.90. The molecule has 1 heterocycles. The smallest absolute Gasteiger partial charge is 0.238 e. The second kappa shape index (κ2) is 6.66. The fourth-order valence-corrected chi connectivity index (χ4v) is 2.20. The van der Waals surface area contributed by atoms with E-state index in [-0.39, 0.29) is 23.5 Å². The van der Waals surface area contributed by atoms with Crippen LogP contribution < -0.4 is 10.6 Å². The molecule has 0 spiro atoms. The molecule has 0 saturated carbocycles. The van der Waals surface area contributed by atoms with Crippen molar-refractivity contribution in [2.45, 2.75) is 6.04 Å². The zero-order chi connectivity index (χ0) is 14.5. The molecular formula is C13H14ClFN4O. The van der Waals surface area contributed by atoms with Gasteiger partial charge in [0.2, 0.25) is 5.91 Å². The number of halogens is 2. The summed E-state index contributed by atoms with van der Waals surface area (Å²) in [6.45, 7) is 2.05. The van der Waals surface area contributed by atoms with Crippen LogP contribution in [-0.2, 0) is 4.79 Å². The first-order valence-electron chi connectivity index (χ1n) is 6.19. The van der Waals surface area contributed by atoms with E-state index in [2.05, 4.69) is 16.7 Å². The highest BCUT2D eigenvalue weighted by molar-refractivity contribution is 6.31. The average Bonchev–Trinajstić information content (AvgIpc) is 2.43. The van der Waals surface area contributed by atoms with Crippen molar-refractivity contribution in [2.75, 3.05) is 31.5 Å². The summed E-state index contributed by atoms with van der Waals surface area (Å²) < 4.78 is 13.0. The van der Waals surface area contributed by atoms with Crippen molar-refractivity contribution < 1.29 is 9.18 Å².